The molecule has 0 saturated heterocycles. The number of rotatable bonds is 9. The molecule has 114 valence electrons. The van der Waals surface area contributed by atoms with Crippen LogP contribution >= 0.6 is 0 Å². The third-order valence-electron chi connectivity index (χ3n) is 2.85. The lowest BCUT2D eigenvalue weighted by Gasteiger charge is -2.06. The Morgan fingerprint density at radius 1 is 1.35 bits per heavy atom. The molecule has 0 aromatic carbocycles. The van der Waals surface area contributed by atoms with E-state index < -0.39 is 0 Å². The zero-order valence-corrected chi connectivity index (χ0v) is 13.0. The number of aliphatic hydroxyl groups is 1. The molecule has 6 nitrogen and oxygen atoms in total. The Hall–Kier alpha value is -1.56. The van der Waals surface area contributed by atoms with Gasteiger partial charge in [0, 0.05) is 38.3 Å². The van der Waals surface area contributed by atoms with Gasteiger partial charge in [0.15, 0.2) is 5.88 Å². The molecule has 1 aromatic heterocycles. The van der Waals surface area contributed by atoms with Gasteiger partial charge in [-0.1, -0.05) is 19.1 Å². The standard InChI is InChI=1S/C14H27N5O/c1-11(2)14(20)16-7-5-9-19-10-13(17-18-19)6-8-15-12(3)4/h10,12,15-16,20H,5-9H2,1-4H3. The van der Waals surface area contributed by atoms with Crippen molar-refractivity contribution in [3.63, 3.8) is 0 Å². The van der Waals surface area contributed by atoms with Crippen molar-refractivity contribution in [2.45, 2.75) is 53.1 Å². The lowest BCUT2D eigenvalue weighted by atomic mass is 10.3. The Kier molecular flexibility index (Phi) is 7.08. The summed E-state index contributed by atoms with van der Waals surface area (Å²) in [5.74, 6) is 0.268. The Labute approximate surface area is 121 Å². The van der Waals surface area contributed by atoms with Crippen molar-refractivity contribution in [2.75, 3.05) is 13.1 Å². The van der Waals surface area contributed by atoms with Gasteiger partial charge in [0.05, 0.1) is 5.69 Å². The minimum Gasteiger partial charge on any atom is -0.495 e. The van der Waals surface area contributed by atoms with E-state index >= 15 is 0 Å². The van der Waals surface area contributed by atoms with Crippen LogP contribution < -0.4 is 10.6 Å². The van der Waals surface area contributed by atoms with Crippen LogP contribution in [0.1, 0.15) is 39.8 Å². The smallest absolute Gasteiger partial charge is 0.182 e. The van der Waals surface area contributed by atoms with E-state index in [1.807, 2.05) is 24.7 Å². The van der Waals surface area contributed by atoms with Crippen LogP contribution in [0, 0.1) is 0 Å². The number of hydrogen-bond acceptors (Lipinski definition) is 5. The van der Waals surface area contributed by atoms with Crippen molar-refractivity contribution in [3.8, 4) is 0 Å². The summed E-state index contributed by atoms with van der Waals surface area (Å²) in [7, 11) is 0. The Morgan fingerprint density at radius 2 is 2.10 bits per heavy atom. The van der Waals surface area contributed by atoms with E-state index in [0.29, 0.717) is 6.04 Å². The van der Waals surface area contributed by atoms with Gasteiger partial charge in [0.1, 0.15) is 0 Å². The number of nitrogens with one attached hydrogen (secondary N) is 2. The molecule has 0 spiro atoms. The normalized spacial score (nSPS) is 10.8. The van der Waals surface area contributed by atoms with Gasteiger partial charge in [0.2, 0.25) is 0 Å². The predicted octanol–water partition coefficient (Wildman–Crippen LogP) is 1.61. The highest BCUT2D eigenvalue weighted by Gasteiger charge is 2.01. The second-order valence-corrected chi connectivity index (χ2v) is 5.46. The van der Waals surface area contributed by atoms with E-state index in [4.69, 9.17) is 0 Å². The molecule has 20 heavy (non-hydrogen) atoms. The summed E-state index contributed by atoms with van der Waals surface area (Å²) in [6, 6.07) is 0.499. The molecule has 1 rings (SSSR count). The van der Waals surface area contributed by atoms with E-state index in [2.05, 4.69) is 34.8 Å². The summed E-state index contributed by atoms with van der Waals surface area (Å²) >= 11 is 0. The van der Waals surface area contributed by atoms with E-state index in [-0.39, 0.29) is 5.88 Å². The molecule has 0 unspecified atom stereocenters. The minimum absolute atomic E-state index is 0.268. The second kappa shape index (κ2) is 8.58. The van der Waals surface area contributed by atoms with Crippen LogP contribution in [-0.2, 0) is 13.0 Å². The summed E-state index contributed by atoms with van der Waals surface area (Å²) < 4.78 is 1.85. The van der Waals surface area contributed by atoms with Crippen LogP contribution in [0.4, 0.5) is 0 Å². The Bertz CT molecular complexity index is 421. The highest BCUT2D eigenvalue weighted by atomic mass is 16.3. The minimum atomic E-state index is 0.268. The fourth-order valence-electron chi connectivity index (χ4n) is 1.68. The molecule has 0 amide bonds. The number of aliphatic hydroxyl groups excluding tert-OH is 1. The van der Waals surface area contributed by atoms with Crippen LogP contribution in [0.5, 0.6) is 0 Å². The van der Waals surface area contributed by atoms with Gasteiger partial charge in [0.25, 0.3) is 0 Å². The van der Waals surface area contributed by atoms with Gasteiger partial charge >= 0.3 is 0 Å². The molecule has 0 saturated carbocycles. The summed E-state index contributed by atoms with van der Waals surface area (Å²) in [4.78, 5) is 0. The molecule has 0 radical (unpaired) electrons. The lowest BCUT2D eigenvalue weighted by Crippen LogP contribution is -2.25. The first kappa shape index (κ1) is 16.5. The Balaban J connectivity index is 2.22. The Morgan fingerprint density at radius 3 is 2.75 bits per heavy atom. The molecule has 1 aromatic rings. The highest BCUT2D eigenvalue weighted by Crippen LogP contribution is 1.97. The van der Waals surface area contributed by atoms with Crippen molar-refractivity contribution in [1.82, 2.24) is 25.6 Å². The first-order valence-electron chi connectivity index (χ1n) is 7.21. The van der Waals surface area contributed by atoms with Crippen molar-refractivity contribution < 1.29 is 5.11 Å². The molecule has 6 heteroatoms. The average molecular weight is 281 g/mol. The molecular weight excluding hydrogens is 254 g/mol. The maximum atomic E-state index is 9.50. The molecule has 0 aliphatic heterocycles. The van der Waals surface area contributed by atoms with Crippen molar-refractivity contribution >= 4 is 0 Å². The van der Waals surface area contributed by atoms with Crippen LogP contribution in [0.15, 0.2) is 17.7 Å². The number of hydrogen-bond donors (Lipinski definition) is 3. The van der Waals surface area contributed by atoms with Crippen LogP contribution in [0.3, 0.4) is 0 Å². The third-order valence-corrected chi connectivity index (χ3v) is 2.85. The molecule has 0 atom stereocenters. The van der Waals surface area contributed by atoms with Gasteiger partial charge in [-0.2, -0.15) is 0 Å². The number of allylic oxidation sites excluding steroid dienone is 1. The van der Waals surface area contributed by atoms with Gasteiger partial charge in [-0.05, 0) is 25.8 Å². The monoisotopic (exact) mass is 281 g/mol. The quantitative estimate of drug-likeness (QED) is 0.473. The van der Waals surface area contributed by atoms with E-state index in [1.54, 1.807) is 0 Å². The molecule has 0 fully saturated rings. The molecular formula is C14H27N5O. The van der Waals surface area contributed by atoms with E-state index in [0.717, 1.165) is 43.7 Å². The zero-order chi connectivity index (χ0) is 15.0. The zero-order valence-electron chi connectivity index (χ0n) is 13.0. The summed E-state index contributed by atoms with van der Waals surface area (Å²) in [5.41, 5.74) is 1.91. The van der Waals surface area contributed by atoms with Gasteiger partial charge < -0.3 is 15.7 Å². The summed E-state index contributed by atoms with van der Waals surface area (Å²) in [6.07, 6.45) is 3.78. The molecule has 0 bridgehead atoms. The van der Waals surface area contributed by atoms with E-state index in [9.17, 15) is 5.11 Å². The molecule has 0 aliphatic carbocycles. The SMILES string of the molecule is CC(C)=C(O)NCCCn1cc(CCNC(C)C)nn1. The molecule has 3 N–H and O–H groups in total. The van der Waals surface area contributed by atoms with Crippen molar-refractivity contribution in [2.24, 2.45) is 0 Å². The first-order chi connectivity index (χ1) is 9.49. The molecule has 1 heterocycles. The van der Waals surface area contributed by atoms with Crippen molar-refractivity contribution in [3.05, 3.63) is 23.3 Å². The van der Waals surface area contributed by atoms with Crippen molar-refractivity contribution in [1.29, 1.82) is 0 Å². The molecule has 0 aliphatic rings. The van der Waals surface area contributed by atoms with Gasteiger partial charge in [-0.15, -0.1) is 5.10 Å². The predicted molar refractivity (Wildman–Crippen MR) is 80.5 cm³/mol. The number of aryl methyl sites for hydroxylation is 1. The fraction of sp³-hybridized carbons (Fsp3) is 0.714. The van der Waals surface area contributed by atoms with Crippen LogP contribution in [-0.4, -0.2) is 39.2 Å². The summed E-state index contributed by atoms with van der Waals surface area (Å²) in [6.45, 7) is 10.5. The average Bonchev–Trinajstić information content (AvgIpc) is 2.81. The fourth-order valence-corrected chi connectivity index (χ4v) is 1.68. The van der Waals surface area contributed by atoms with Crippen LogP contribution in [0.2, 0.25) is 0 Å². The van der Waals surface area contributed by atoms with Crippen LogP contribution in [0.25, 0.3) is 0 Å². The summed E-state index contributed by atoms with van der Waals surface area (Å²) in [5, 5.41) is 24.1. The largest absolute Gasteiger partial charge is 0.495 e. The highest BCUT2D eigenvalue weighted by molar-refractivity contribution is 4.98. The van der Waals surface area contributed by atoms with Gasteiger partial charge in [-0.3, -0.25) is 4.68 Å². The number of nitrogens with zero attached hydrogens (tertiary/aromatic N) is 3. The third kappa shape index (κ3) is 6.56. The van der Waals surface area contributed by atoms with Gasteiger partial charge in [-0.25, -0.2) is 0 Å². The van der Waals surface area contributed by atoms with E-state index in [1.165, 1.54) is 0 Å². The maximum Gasteiger partial charge on any atom is 0.182 e. The lowest BCUT2D eigenvalue weighted by molar-refractivity contribution is 0.353. The second-order valence-electron chi connectivity index (χ2n) is 5.46. The maximum absolute atomic E-state index is 9.50. The topological polar surface area (TPSA) is 75.0 Å². The number of aromatic nitrogens is 3. The first-order valence-corrected chi connectivity index (χ1v) is 7.21.